The maximum Gasteiger partial charge on any atom is 0.264 e. The highest BCUT2D eigenvalue weighted by Crippen LogP contribution is 2.37. The second-order valence-corrected chi connectivity index (χ2v) is 13.1. The number of nitrogens with one attached hydrogen (secondary N) is 1. The third-order valence-electron chi connectivity index (χ3n) is 5.96. The van der Waals surface area contributed by atoms with E-state index in [-0.39, 0.29) is 4.90 Å². The average Bonchev–Trinajstić information content (AvgIpc) is 2.96. The first kappa shape index (κ1) is 31.6. The summed E-state index contributed by atoms with van der Waals surface area (Å²) in [4.78, 5) is 13.0. The number of aryl methyl sites for hydroxylation is 1. The van der Waals surface area contributed by atoms with E-state index in [9.17, 15) is 13.2 Å². The van der Waals surface area contributed by atoms with Gasteiger partial charge in [0.2, 0.25) is 0 Å². The summed E-state index contributed by atoms with van der Waals surface area (Å²) in [5.74, 6) is 0.329. The molecule has 12 heteroatoms. The molecule has 0 saturated carbocycles. The number of hydrogen-bond acceptors (Lipinski definition) is 6. The van der Waals surface area contributed by atoms with Crippen LogP contribution in [-0.2, 0) is 21.4 Å². The van der Waals surface area contributed by atoms with Gasteiger partial charge in [0.15, 0.2) is 11.5 Å². The molecule has 0 unspecified atom stereocenters. The minimum atomic E-state index is -4.04. The fourth-order valence-corrected chi connectivity index (χ4v) is 6.18. The Morgan fingerprint density at radius 2 is 1.67 bits per heavy atom. The molecule has 0 fully saturated rings. The number of hydrogen-bond donors (Lipinski definition) is 1. The van der Waals surface area contributed by atoms with Crippen LogP contribution < -0.4 is 19.2 Å². The Bertz CT molecular complexity index is 1680. The quantitative estimate of drug-likeness (QED) is 0.131. The lowest BCUT2D eigenvalue weighted by molar-refractivity contribution is -0.119. The molecule has 0 spiro atoms. The van der Waals surface area contributed by atoms with Crippen LogP contribution in [0.5, 0.6) is 11.5 Å². The summed E-state index contributed by atoms with van der Waals surface area (Å²) in [5.41, 5.74) is 5.21. The molecule has 0 saturated heterocycles. The second kappa shape index (κ2) is 14.2. The molecule has 218 valence electrons. The number of carbonyl (C=O) groups is 1. The topological polar surface area (TPSA) is 97.3 Å². The van der Waals surface area contributed by atoms with Gasteiger partial charge in [-0.2, -0.15) is 5.10 Å². The van der Waals surface area contributed by atoms with Gasteiger partial charge in [-0.05, 0) is 94.6 Å². The summed E-state index contributed by atoms with van der Waals surface area (Å²) in [7, 11) is -2.52. The lowest BCUT2D eigenvalue weighted by Crippen LogP contribution is -2.39. The van der Waals surface area contributed by atoms with Gasteiger partial charge in [-0.25, -0.2) is 13.8 Å². The fourth-order valence-electron chi connectivity index (χ4n) is 3.79. The molecule has 0 radical (unpaired) electrons. The molecule has 0 aliphatic rings. The van der Waals surface area contributed by atoms with E-state index < -0.39 is 22.5 Å². The van der Waals surface area contributed by atoms with E-state index in [1.807, 2.05) is 19.1 Å². The Morgan fingerprint density at radius 1 is 1.00 bits per heavy atom. The number of nitrogens with zero attached hydrogens (tertiary/aromatic N) is 2. The van der Waals surface area contributed by atoms with Crippen LogP contribution in [0.2, 0.25) is 5.02 Å². The molecule has 0 bridgehead atoms. The van der Waals surface area contributed by atoms with Crippen molar-refractivity contribution in [3.63, 3.8) is 0 Å². The van der Waals surface area contributed by atoms with Crippen molar-refractivity contribution in [1.29, 1.82) is 0 Å². The van der Waals surface area contributed by atoms with Gasteiger partial charge in [0.1, 0.15) is 13.2 Å². The van der Waals surface area contributed by atoms with Crippen LogP contribution in [0.1, 0.15) is 16.7 Å². The van der Waals surface area contributed by atoms with E-state index in [0.29, 0.717) is 38.9 Å². The maximum atomic E-state index is 13.5. The summed E-state index contributed by atoms with van der Waals surface area (Å²) in [5, 5.41) is 4.67. The normalized spacial score (nSPS) is 11.4. The first-order valence-electron chi connectivity index (χ1n) is 12.5. The van der Waals surface area contributed by atoms with Crippen LogP contribution in [0, 0.1) is 6.92 Å². The van der Waals surface area contributed by atoms with E-state index >= 15 is 0 Å². The molecular weight excluding hydrogens is 710 g/mol. The Kier molecular flexibility index (Phi) is 10.7. The lowest BCUT2D eigenvalue weighted by atomic mass is 10.2. The first-order valence-corrected chi connectivity index (χ1v) is 15.9. The highest BCUT2D eigenvalue weighted by Gasteiger charge is 2.27. The van der Waals surface area contributed by atoms with Gasteiger partial charge in [0.05, 0.1) is 28.4 Å². The van der Waals surface area contributed by atoms with E-state index in [4.69, 9.17) is 21.1 Å². The maximum absolute atomic E-state index is 13.5. The van der Waals surface area contributed by atoms with Crippen LogP contribution in [0.3, 0.4) is 0 Å². The molecule has 0 aromatic heterocycles. The summed E-state index contributed by atoms with van der Waals surface area (Å²) in [6.45, 7) is 1.68. The van der Waals surface area contributed by atoms with E-state index in [0.717, 1.165) is 19.9 Å². The molecule has 42 heavy (non-hydrogen) atoms. The lowest BCUT2D eigenvalue weighted by Gasteiger charge is -2.23. The van der Waals surface area contributed by atoms with Gasteiger partial charge in [0.25, 0.3) is 15.9 Å². The highest BCUT2D eigenvalue weighted by molar-refractivity contribution is 9.10. The van der Waals surface area contributed by atoms with Crippen molar-refractivity contribution >= 4 is 71.3 Å². The van der Waals surface area contributed by atoms with E-state index in [1.165, 1.54) is 25.5 Å². The molecule has 8 nitrogen and oxygen atoms in total. The Balaban J connectivity index is 1.48. The number of methoxy groups -OCH3 is 1. The van der Waals surface area contributed by atoms with Crippen molar-refractivity contribution in [1.82, 2.24) is 5.43 Å². The molecule has 1 amide bonds. The monoisotopic (exact) mass is 733 g/mol. The van der Waals surface area contributed by atoms with Crippen molar-refractivity contribution in [2.24, 2.45) is 5.10 Å². The molecule has 0 aliphatic heterocycles. The first-order chi connectivity index (χ1) is 20.1. The van der Waals surface area contributed by atoms with Crippen molar-refractivity contribution in [3.05, 3.63) is 116 Å². The predicted molar refractivity (Wildman–Crippen MR) is 172 cm³/mol. The molecule has 4 aromatic rings. The number of rotatable bonds is 11. The fraction of sp³-hybridized carbons (Fsp3) is 0.133. The van der Waals surface area contributed by atoms with Crippen molar-refractivity contribution in [3.8, 4) is 11.5 Å². The van der Waals surface area contributed by atoms with Gasteiger partial charge in [-0.1, -0.05) is 57.4 Å². The summed E-state index contributed by atoms with van der Waals surface area (Å²) < 4.78 is 40.9. The highest BCUT2D eigenvalue weighted by atomic mass is 79.9. The summed E-state index contributed by atoms with van der Waals surface area (Å²) in [6.07, 6.45) is 1.42. The number of carbonyl (C=O) groups excluding carboxylic acids is 1. The number of amides is 1. The summed E-state index contributed by atoms with van der Waals surface area (Å²) >= 11 is 12.8. The zero-order valence-corrected chi connectivity index (χ0v) is 27.3. The number of ether oxygens (including phenoxy) is 2. The Labute approximate surface area is 266 Å². The third-order valence-corrected chi connectivity index (χ3v) is 9.12. The van der Waals surface area contributed by atoms with Crippen LogP contribution in [0.15, 0.2) is 104 Å². The Morgan fingerprint density at radius 3 is 2.31 bits per heavy atom. The van der Waals surface area contributed by atoms with Crippen molar-refractivity contribution in [2.75, 3.05) is 18.0 Å². The zero-order chi connectivity index (χ0) is 30.3. The van der Waals surface area contributed by atoms with Gasteiger partial charge >= 0.3 is 0 Å². The van der Waals surface area contributed by atoms with Gasteiger partial charge in [-0.3, -0.25) is 9.10 Å². The number of benzene rings is 4. The molecule has 0 aliphatic carbocycles. The van der Waals surface area contributed by atoms with Crippen LogP contribution in [-0.4, -0.2) is 34.2 Å². The number of hydrazone groups is 1. The molecule has 0 heterocycles. The Hall–Kier alpha value is -3.38. The molecule has 0 atom stereocenters. The minimum Gasteiger partial charge on any atom is -0.493 e. The average molecular weight is 736 g/mol. The van der Waals surface area contributed by atoms with Gasteiger partial charge in [0, 0.05) is 9.50 Å². The van der Waals surface area contributed by atoms with Crippen LogP contribution in [0.25, 0.3) is 0 Å². The van der Waals surface area contributed by atoms with Gasteiger partial charge in [-0.15, -0.1) is 0 Å². The third kappa shape index (κ3) is 8.13. The number of sulfonamides is 1. The molecule has 4 aromatic carbocycles. The molecular formula is C30H26Br2ClN3O5S. The molecule has 4 rings (SSSR count). The van der Waals surface area contributed by atoms with Crippen LogP contribution in [0.4, 0.5) is 5.69 Å². The second-order valence-electron chi connectivity index (χ2n) is 9.04. The molecule has 1 N–H and O–H groups in total. The van der Waals surface area contributed by atoms with Crippen molar-refractivity contribution in [2.45, 2.75) is 18.4 Å². The summed E-state index contributed by atoms with van der Waals surface area (Å²) in [6, 6.07) is 23.9. The van der Waals surface area contributed by atoms with Crippen LogP contribution >= 0.6 is 43.5 Å². The van der Waals surface area contributed by atoms with E-state index in [1.54, 1.807) is 60.7 Å². The van der Waals surface area contributed by atoms with Gasteiger partial charge < -0.3 is 9.47 Å². The standard InChI is InChI=1S/C30H26Br2ClN3O5S/c1-20-3-13-26(14-4-20)42(38,39)36(25-11-7-23(31)8-12-25)18-29(37)35-34-17-22-15-27(32)30(28(16-22)40-2)41-19-21-5-9-24(33)10-6-21/h3-17H,18-19H2,1-2H3,(H,35,37)/b34-17-. The zero-order valence-electron chi connectivity index (χ0n) is 22.6. The minimum absolute atomic E-state index is 0.0719. The SMILES string of the molecule is COc1cc(/C=N\NC(=O)CN(c2ccc(Br)cc2)S(=O)(=O)c2ccc(C)cc2)cc(Br)c1OCc1ccc(Cl)cc1. The van der Waals surface area contributed by atoms with Crippen molar-refractivity contribution < 1.29 is 22.7 Å². The predicted octanol–water partition coefficient (Wildman–Crippen LogP) is 7.11. The smallest absolute Gasteiger partial charge is 0.264 e. The largest absolute Gasteiger partial charge is 0.493 e. The van der Waals surface area contributed by atoms with E-state index in [2.05, 4.69) is 42.4 Å². The number of anilines is 1. The number of halogens is 3.